The molecule has 0 rings (SSSR count). The van der Waals surface area contributed by atoms with Gasteiger partial charge >= 0.3 is 5.97 Å². The van der Waals surface area contributed by atoms with E-state index in [1.54, 1.807) is 13.0 Å². The first kappa shape index (κ1) is 9.21. The highest BCUT2D eigenvalue weighted by atomic mass is 16.4. The predicted molar refractivity (Wildman–Crippen MR) is 40.8 cm³/mol. The van der Waals surface area contributed by atoms with Crippen molar-refractivity contribution in [2.45, 2.75) is 20.8 Å². The third-order valence-corrected chi connectivity index (χ3v) is 1.17. The molecule has 0 aliphatic heterocycles. The molecule has 0 radical (unpaired) electrons. The van der Waals surface area contributed by atoms with Crippen LogP contribution in [-0.4, -0.2) is 11.1 Å². The van der Waals surface area contributed by atoms with Gasteiger partial charge in [0.05, 0.1) is 5.92 Å². The number of carbonyl (C=O) groups is 1. The van der Waals surface area contributed by atoms with Gasteiger partial charge in [0, 0.05) is 0 Å². The number of rotatable bonds is 3. The number of hydrogen-bond donors (Lipinski definition) is 1. The fraction of sp³-hybridized carbons (Fsp3) is 0.625. The Balaban J connectivity index is 3.77. The maximum absolute atomic E-state index is 10.3. The third kappa shape index (κ3) is 4.13. The van der Waals surface area contributed by atoms with Crippen LogP contribution in [0.2, 0.25) is 0 Å². The zero-order valence-corrected chi connectivity index (χ0v) is 6.66. The van der Waals surface area contributed by atoms with Crippen LogP contribution in [0.3, 0.4) is 0 Å². The van der Waals surface area contributed by atoms with E-state index in [1.165, 1.54) is 0 Å². The number of hydrogen-bond acceptors (Lipinski definition) is 1. The standard InChI is InChI=1S/C8H14O2/c1-6(2)4-5-7(3)8(9)10/h4-7H,1-3H3,(H,9,10)/b5-4-. The summed E-state index contributed by atoms with van der Waals surface area (Å²) in [5.41, 5.74) is 0. The van der Waals surface area contributed by atoms with Gasteiger partial charge in [-0.1, -0.05) is 26.0 Å². The molecule has 10 heavy (non-hydrogen) atoms. The minimum absolute atomic E-state index is 0.359. The maximum atomic E-state index is 10.3. The van der Waals surface area contributed by atoms with Gasteiger partial charge in [-0.25, -0.2) is 0 Å². The fourth-order valence-corrected chi connectivity index (χ4v) is 0.471. The summed E-state index contributed by atoms with van der Waals surface area (Å²) in [6.07, 6.45) is 3.62. The average Bonchev–Trinajstić information content (AvgIpc) is 1.82. The summed E-state index contributed by atoms with van der Waals surface area (Å²) in [6, 6.07) is 0. The summed E-state index contributed by atoms with van der Waals surface area (Å²) < 4.78 is 0. The average molecular weight is 142 g/mol. The van der Waals surface area contributed by atoms with Crippen molar-refractivity contribution in [2.24, 2.45) is 11.8 Å². The third-order valence-electron chi connectivity index (χ3n) is 1.17. The Morgan fingerprint density at radius 3 is 2.10 bits per heavy atom. The second-order valence-corrected chi connectivity index (χ2v) is 2.76. The fourth-order valence-electron chi connectivity index (χ4n) is 0.471. The maximum Gasteiger partial charge on any atom is 0.310 e. The Morgan fingerprint density at radius 2 is 1.80 bits per heavy atom. The molecule has 0 aromatic carbocycles. The van der Waals surface area contributed by atoms with E-state index in [9.17, 15) is 4.79 Å². The highest BCUT2D eigenvalue weighted by Gasteiger charge is 2.04. The summed E-state index contributed by atoms with van der Waals surface area (Å²) in [5, 5.41) is 8.44. The molecule has 0 aromatic rings. The van der Waals surface area contributed by atoms with Crippen LogP contribution in [0.5, 0.6) is 0 Å². The van der Waals surface area contributed by atoms with Crippen molar-refractivity contribution in [1.82, 2.24) is 0 Å². The minimum atomic E-state index is -0.767. The minimum Gasteiger partial charge on any atom is -0.481 e. The number of aliphatic carboxylic acids is 1. The van der Waals surface area contributed by atoms with Gasteiger partial charge < -0.3 is 5.11 Å². The number of carboxylic acid groups (broad SMARTS) is 1. The molecule has 1 N–H and O–H groups in total. The van der Waals surface area contributed by atoms with E-state index in [2.05, 4.69) is 0 Å². The van der Waals surface area contributed by atoms with E-state index in [4.69, 9.17) is 5.11 Å². The lowest BCUT2D eigenvalue weighted by Crippen LogP contribution is -2.05. The topological polar surface area (TPSA) is 37.3 Å². The van der Waals surface area contributed by atoms with Crippen molar-refractivity contribution in [3.8, 4) is 0 Å². The van der Waals surface area contributed by atoms with Gasteiger partial charge in [0.1, 0.15) is 0 Å². The van der Waals surface area contributed by atoms with Crippen molar-refractivity contribution in [2.75, 3.05) is 0 Å². The first-order valence-corrected chi connectivity index (χ1v) is 3.45. The Morgan fingerprint density at radius 1 is 1.30 bits per heavy atom. The van der Waals surface area contributed by atoms with E-state index < -0.39 is 5.97 Å². The molecular weight excluding hydrogens is 128 g/mol. The van der Waals surface area contributed by atoms with Crippen molar-refractivity contribution in [3.63, 3.8) is 0 Å². The Hall–Kier alpha value is -0.790. The smallest absolute Gasteiger partial charge is 0.310 e. The summed E-state index contributed by atoms with van der Waals surface area (Å²) in [6.45, 7) is 5.71. The lowest BCUT2D eigenvalue weighted by atomic mass is 10.1. The van der Waals surface area contributed by atoms with Crippen LogP contribution < -0.4 is 0 Å². The summed E-state index contributed by atoms with van der Waals surface area (Å²) in [4.78, 5) is 10.3. The zero-order chi connectivity index (χ0) is 8.15. The normalized spacial score (nSPS) is 14.4. The molecule has 0 aromatic heterocycles. The van der Waals surface area contributed by atoms with E-state index in [1.807, 2.05) is 19.9 Å². The molecule has 2 nitrogen and oxygen atoms in total. The van der Waals surface area contributed by atoms with Crippen molar-refractivity contribution < 1.29 is 9.90 Å². The molecule has 0 bridgehead atoms. The number of allylic oxidation sites excluding steroid dienone is 1. The van der Waals surface area contributed by atoms with Crippen molar-refractivity contribution in [3.05, 3.63) is 12.2 Å². The van der Waals surface area contributed by atoms with Gasteiger partial charge in [0.15, 0.2) is 0 Å². The monoisotopic (exact) mass is 142 g/mol. The van der Waals surface area contributed by atoms with Crippen molar-refractivity contribution in [1.29, 1.82) is 0 Å². The molecule has 0 fully saturated rings. The van der Waals surface area contributed by atoms with Crippen LogP contribution in [0, 0.1) is 11.8 Å². The summed E-state index contributed by atoms with van der Waals surface area (Å²) in [5.74, 6) is -0.693. The van der Waals surface area contributed by atoms with Gasteiger partial charge in [0.25, 0.3) is 0 Å². The molecule has 2 heteroatoms. The first-order chi connectivity index (χ1) is 4.54. The van der Waals surface area contributed by atoms with Gasteiger partial charge in [-0.05, 0) is 12.8 Å². The Labute approximate surface area is 61.6 Å². The van der Waals surface area contributed by atoms with Gasteiger partial charge in [-0.15, -0.1) is 0 Å². The molecule has 0 saturated carbocycles. The van der Waals surface area contributed by atoms with Gasteiger partial charge in [-0.3, -0.25) is 4.79 Å². The predicted octanol–water partition coefficient (Wildman–Crippen LogP) is 1.92. The van der Waals surface area contributed by atoms with Crippen LogP contribution in [0.25, 0.3) is 0 Å². The molecule has 0 spiro atoms. The summed E-state index contributed by atoms with van der Waals surface area (Å²) >= 11 is 0. The van der Waals surface area contributed by atoms with Crippen LogP contribution in [0.15, 0.2) is 12.2 Å². The first-order valence-electron chi connectivity index (χ1n) is 3.45. The highest BCUT2D eigenvalue weighted by Crippen LogP contribution is 2.01. The Bertz CT molecular complexity index is 136. The molecular formula is C8H14O2. The Kier molecular flexibility index (Phi) is 3.77. The summed E-state index contributed by atoms with van der Waals surface area (Å²) in [7, 11) is 0. The second-order valence-electron chi connectivity index (χ2n) is 2.76. The highest BCUT2D eigenvalue weighted by molar-refractivity contribution is 5.71. The van der Waals surface area contributed by atoms with Crippen LogP contribution in [0.1, 0.15) is 20.8 Å². The number of carboxylic acids is 1. The van der Waals surface area contributed by atoms with E-state index in [0.717, 1.165) is 0 Å². The molecule has 58 valence electrons. The molecule has 0 aliphatic carbocycles. The molecule has 0 saturated heterocycles. The quantitative estimate of drug-likeness (QED) is 0.611. The lowest BCUT2D eigenvalue weighted by molar-refractivity contribution is -0.139. The van der Waals surface area contributed by atoms with E-state index >= 15 is 0 Å². The van der Waals surface area contributed by atoms with E-state index in [0.29, 0.717) is 5.92 Å². The lowest BCUT2D eigenvalue weighted by Gasteiger charge is -1.98. The van der Waals surface area contributed by atoms with E-state index in [-0.39, 0.29) is 5.92 Å². The largest absolute Gasteiger partial charge is 0.481 e. The second kappa shape index (κ2) is 4.09. The zero-order valence-electron chi connectivity index (χ0n) is 6.66. The van der Waals surface area contributed by atoms with Crippen LogP contribution >= 0.6 is 0 Å². The molecule has 1 unspecified atom stereocenters. The molecule has 0 heterocycles. The molecule has 0 amide bonds. The van der Waals surface area contributed by atoms with Crippen molar-refractivity contribution >= 4 is 5.97 Å². The van der Waals surface area contributed by atoms with Gasteiger partial charge in [0.2, 0.25) is 0 Å². The molecule has 0 aliphatic rings. The molecule has 1 atom stereocenters. The van der Waals surface area contributed by atoms with Gasteiger partial charge in [-0.2, -0.15) is 0 Å². The SMILES string of the molecule is CC(C)/C=C\C(C)C(=O)O. The van der Waals surface area contributed by atoms with Crippen LogP contribution in [0.4, 0.5) is 0 Å². The van der Waals surface area contributed by atoms with Crippen LogP contribution in [-0.2, 0) is 4.79 Å².